The van der Waals surface area contributed by atoms with Crippen molar-refractivity contribution in [2.45, 2.75) is 24.0 Å². The van der Waals surface area contributed by atoms with E-state index in [1.54, 1.807) is 31.4 Å². The Morgan fingerprint density at radius 2 is 1.76 bits per heavy atom. The molecule has 33 heavy (non-hydrogen) atoms. The van der Waals surface area contributed by atoms with E-state index in [9.17, 15) is 13.2 Å². The number of hydrogen-bond donors (Lipinski definition) is 1. The maximum atomic E-state index is 13.4. The molecule has 3 aromatic rings. The second-order valence-electron chi connectivity index (χ2n) is 7.57. The highest BCUT2D eigenvalue weighted by Crippen LogP contribution is 2.37. The molecule has 0 aliphatic carbocycles. The third-order valence-electron chi connectivity index (χ3n) is 5.40. The molecule has 9 heteroatoms. The molecule has 0 fully saturated rings. The number of benzene rings is 3. The Bertz CT molecular complexity index is 1250. The van der Waals surface area contributed by atoms with Crippen molar-refractivity contribution >= 4 is 33.2 Å². The van der Waals surface area contributed by atoms with Crippen LogP contribution in [0, 0.1) is 0 Å². The topological polar surface area (TPSA) is 84.9 Å². The van der Waals surface area contributed by atoms with Crippen molar-refractivity contribution in [1.29, 1.82) is 0 Å². The summed E-state index contributed by atoms with van der Waals surface area (Å²) in [4.78, 5) is 13.1. The number of para-hydroxylation sites is 2. The first-order valence-corrected chi connectivity index (χ1v) is 12.1. The van der Waals surface area contributed by atoms with Crippen LogP contribution in [-0.2, 0) is 14.8 Å². The van der Waals surface area contributed by atoms with Crippen LogP contribution >= 0.6 is 11.6 Å². The van der Waals surface area contributed by atoms with Crippen molar-refractivity contribution < 1.29 is 22.7 Å². The van der Waals surface area contributed by atoms with Crippen LogP contribution in [0.15, 0.2) is 77.7 Å². The molecular weight excluding hydrogens is 464 g/mol. The molecule has 1 aliphatic rings. The molecule has 2 atom stereocenters. The van der Waals surface area contributed by atoms with Crippen LogP contribution in [0.4, 0.5) is 5.69 Å². The first-order chi connectivity index (χ1) is 15.8. The summed E-state index contributed by atoms with van der Waals surface area (Å²) in [6.45, 7) is 1.68. The van der Waals surface area contributed by atoms with Gasteiger partial charge in [0.25, 0.3) is 15.9 Å². The van der Waals surface area contributed by atoms with Crippen LogP contribution in [-0.4, -0.2) is 34.1 Å². The Balaban J connectivity index is 1.59. The fourth-order valence-electron chi connectivity index (χ4n) is 3.58. The number of amides is 1. The van der Waals surface area contributed by atoms with E-state index in [1.165, 1.54) is 28.6 Å². The summed E-state index contributed by atoms with van der Waals surface area (Å²) in [5.41, 5.74) is 1.26. The van der Waals surface area contributed by atoms with E-state index in [4.69, 9.17) is 21.1 Å². The van der Waals surface area contributed by atoms with Gasteiger partial charge in [-0.1, -0.05) is 35.9 Å². The monoisotopic (exact) mass is 486 g/mol. The maximum absolute atomic E-state index is 13.4. The number of rotatable bonds is 6. The number of fused-ring (bicyclic) bond motifs is 1. The lowest BCUT2D eigenvalue weighted by atomic mass is 10.1. The summed E-state index contributed by atoms with van der Waals surface area (Å²) in [7, 11) is -2.36. The first-order valence-electron chi connectivity index (χ1n) is 10.3. The molecule has 1 heterocycles. The number of methoxy groups -OCH3 is 1. The molecule has 0 radical (unpaired) electrons. The lowest BCUT2D eigenvalue weighted by molar-refractivity contribution is -0.128. The van der Waals surface area contributed by atoms with E-state index in [1.807, 2.05) is 31.2 Å². The van der Waals surface area contributed by atoms with Gasteiger partial charge in [0.05, 0.1) is 30.3 Å². The van der Waals surface area contributed by atoms with E-state index in [2.05, 4.69) is 5.32 Å². The zero-order valence-electron chi connectivity index (χ0n) is 18.1. The Morgan fingerprint density at radius 1 is 1.09 bits per heavy atom. The van der Waals surface area contributed by atoms with Gasteiger partial charge < -0.3 is 14.8 Å². The summed E-state index contributed by atoms with van der Waals surface area (Å²) >= 11 is 5.92. The van der Waals surface area contributed by atoms with Gasteiger partial charge in [-0.15, -0.1) is 0 Å². The highest BCUT2D eigenvalue weighted by molar-refractivity contribution is 7.92. The highest BCUT2D eigenvalue weighted by Gasteiger charge is 2.37. The van der Waals surface area contributed by atoms with Gasteiger partial charge in [0.15, 0.2) is 6.10 Å². The van der Waals surface area contributed by atoms with E-state index in [0.29, 0.717) is 22.2 Å². The second kappa shape index (κ2) is 9.33. The fourth-order valence-corrected chi connectivity index (χ4v) is 5.18. The molecule has 3 aromatic carbocycles. The Kier molecular flexibility index (Phi) is 6.49. The molecule has 1 aliphatic heterocycles. The predicted molar refractivity (Wildman–Crippen MR) is 126 cm³/mol. The number of carbonyl (C=O) groups is 1. The van der Waals surface area contributed by atoms with Crippen LogP contribution in [0.25, 0.3) is 0 Å². The average molecular weight is 487 g/mol. The Labute approximate surface area is 197 Å². The summed E-state index contributed by atoms with van der Waals surface area (Å²) in [6, 6.07) is 19.7. The minimum absolute atomic E-state index is 0.0781. The lowest BCUT2D eigenvalue weighted by Crippen LogP contribution is -2.51. The summed E-state index contributed by atoms with van der Waals surface area (Å²) < 4.78 is 39.1. The van der Waals surface area contributed by atoms with Gasteiger partial charge >= 0.3 is 0 Å². The summed E-state index contributed by atoms with van der Waals surface area (Å²) in [5.74, 6) is 0.621. The van der Waals surface area contributed by atoms with Gasteiger partial charge in [-0.2, -0.15) is 0 Å². The molecule has 0 bridgehead atoms. The molecule has 1 N–H and O–H groups in total. The number of hydrogen-bond acceptors (Lipinski definition) is 5. The van der Waals surface area contributed by atoms with E-state index < -0.39 is 22.0 Å². The van der Waals surface area contributed by atoms with Gasteiger partial charge in [0.2, 0.25) is 0 Å². The average Bonchev–Trinajstić information content (AvgIpc) is 2.83. The van der Waals surface area contributed by atoms with Crippen LogP contribution in [0.2, 0.25) is 5.02 Å². The molecule has 0 aromatic heterocycles. The number of carbonyl (C=O) groups excluding carboxylic acids is 1. The minimum atomic E-state index is -3.95. The van der Waals surface area contributed by atoms with Crippen molar-refractivity contribution in [3.8, 4) is 11.5 Å². The fraction of sp³-hybridized carbons (Fsp3) is 0.208. The molecule has 4 rings (SSSR count). The Morgan fingerprint density at radius 3 is 2.42 bits per heavy atom. The highest BCUT2D eigenvalue weighted by atomic mass is 35.5. The first kappa shape index (κ1) is 22.9. The standard InChI is InChI=1S/C24H23ClN2O5S/c1-16(17-7-11-19(31-2)12-8-17)26-24(28)23-15-27(21-5-3-4-6-22(21)32-23)33(29,30)20-13-9-18(25)10-14-20/h3-14,16,23H,15H2,1-2H3,(H,26,28)/t16-,23+/m0/s1. The number of sulfonamides is 1. The third-order valence-corrected chi connectivity index (χ3v) is 7.45. The molecule has 0 spiro atoms. The molecule has 1 amide bonds. The van der Waals surface area contributed by atoms with Crippen molar-refractivity contribution in [3.05, 3.63) is 83.4 Å². The van der Waals surface area contributed by atoms with Gasteiger partial charge in [-0.3, -0.25) is 9.10 Å². The van der Waals surface area contributed by atoms with Crippen molar-refractivity contribution in [1.82, 2.24) is 5.32 Å². The quantitative estimate of drug-likeness (QED) is 0.565. The van der Waals surface area contributed by atoms with Crippen LogP contribution in [0.1, 0.15) is 18.5 Å². The number of nitrogens with one attached hydrogen (secondary N) is 1. The van der Waals surface area contributed by atoms with E-state index >= 15 is 0 Å². The molecule has 7 nitrogen and oxygen atoms in total. The smallest absolute Gasteiger partial charge is 0.264 e. The number of anilines is 1. The molecule has 0 saturated carbocycles. The van der Waals surface area contributed by atoms with Crippen molar-refractivity contribution in [2.24, 2.45) is 0 Å². The zero-order valence-corrected chi connectivity index (χ0v) is 19.6. The maximum Gasteiger partial charge on any atom is 0.264 e. The van der Waals surface area contributed by atoms with Gasteiger partial charge in [-0.05, 0) is 61.0 Å². The molecule has 0 saturated heterocycles. The van der Waals surface area contributed by atoms with Crippen molar-refractivity contribution in [3.63, 3.8) is 0 Å². The zero-order chi connectivity index (χ0) is 23.6. The largest absolute Gasteiger partial charge is 0.497 e. The van der Waals surface area contributed by atoms with Gasteiger partial charge in [0.1, 0.15) is 11.5 Å². The predicted octanol–water partition coefficient (Wildman–Crippen LogP) is 4.18. The van der Waals surface area contributed by atoms with Gasteiger partial charge in [-0.25, -0.2) is 8.42 Å². The SMILES string of the molecule is COc1ccc([C@H](C)NC(=O)[C@H]2CN(S(=O)(=O)c3ccc(Cl)cc3)c3ccccc3O2)cc1. The lowest BCUT2D eigenvalue weighted by Gasteiger charge is -2.35. The summed E-state index contributed by atoms with van der Waals surface area (Å²) in [6.07, 6.45) is -1.03. The minimum Gasteiger partial charge on any atom is -0.497 e. The van der Waals surface area contributed by atoms with Gasteiger partial charge in [0, 0.05) is 5.02 Å². The summed E-state index contributed by atoms with van der Waals surface area (Å²) in [5, 5.41) is 3.34. The molecule has 172 valence electrons. The van der Waals surface area contributed by atoms with Crippen LogP contribution in [0.5, 0.6) is 11.5 Å². The number of nitrogens with zero attached hydrogens (tertiary/aromatic N) is 1. The number of halogens is 1. The van der Waals surface area contributed by atoms with E-state index in [0.717, 1.165) is 5.56 Å². The molecular formula is C24H23ClN2O5S. The van der Waals surface area contributed by atoms with Crippen LogP contribution < -0.4 is 19.1 Å². The Hall–Kier alpha value is -3.23. The van der Waals surface area contributed by atoms with Crippen LogP contribution in [0.3, 0.4) is 0 Å². The molecule has 0 unspecified atom stereocenters. The number of ether oxygens (including phenoxy) is 2. The van der Waals surface area contributed by atoms with E-state index in [-0.39, 0.29) is 17.5 Å². The second-order valence-corrected chi connectivity index (χ2v) is 9.87. The van der Waals surface area contributed by atoms with Crippen molar-refractivity contribution in [2.75, 3.05) is 18.0 Å². The third kappa shape index (κ3) is 4.77. The normalized spacial score (nSPS) is 16.3.